The van der Waals surface area contributed by atoms with E-state index in [0.717, 1.165) is 50.2 Å². The van der Waals surface area contributed by atoms with E-state index in [9.17, 15) is 4.79 Å². The van der Waals surface area contributed by atoms with Crippen LogP contribution in [0.15, 0.2) is 24.3 Å². The molecule has 124 valence electrons. The van der Waals surface area contributed by atoms with Crippen LogP contribution in [0.2, 0.25) is 0 Å². The standard InChI is InChI=1S/C19H26N2O2/c22-19(20-18-12-15-3-6-17(18)11-15)16-4-1-14(2-5-16)13-21-7-9-23-10-8-21/h1-2,4-5,15,17-18H,3,6-13H2,(H,20,22)/t15-,17-,18-/m1/s1. The number of fused-ring (bicyclic) bond motifs is 2. The summed E-state index contributed by atoms with van der Waals surface area (Å²) in [6, 6.07) is 8.53. The SMILES string of the molecule is O=C(N[C@@H]1C[C@@H]2CC[C@@H]1C2)c1ccc(CN2CCOCC2)cc1. The van der Waals surface area contributed by atoms with Crippen molar-refractivity contribution in [1.29, 1.82) is 0 Å². The van der Waals surface area contributed by atoms with Gasteiger partial charge in [0.25, 0.3) is 5.91 Å². The summed E-state index contributed by atoms with van der Waals surface area (Å²) in [7, 11) is 0. The molecule has 1 N–H and O–H groups in total. The first kappa shape index (κ1) is 15.2. The molecule has 2 saturated carbocycles. The highest BCUT2D eigenvalue weighted by Gasteiger charge is 2.40. The molecule has 1 aliphatic heterocycles. The molecule has 1 aromatic rings. The van der Waals surface area contributed by atoms with E-state index in [1.165, 1.54) is 31.2 Å². The van der Waals surface area contributed by atoms with E-state index < -0.39 is 0 Å². The quantitative estimate of drug-likeness (QED) is 0.928. The van der Waals surface area contributed by atoms with Gasteiger partial charge in [0.15, 0.2) is 0 Å². The number of benzene rings is 1. The maximum atomic E-state index is 12.4. The fourth-order valence-corrected chi connectivity index (χ4v) is 4.45. The van der Waals surface area contributed by atoms with Crippen LogP contribution in [0.3, 0.4) is 0 Å². The molecule has 2 bridgehead atoms. The lowest BCUT2D eigenvalue weighted by Crippen LogP contribution is -2.38. The lowest BCUT2D eigenvalue weighted by Gasteiger charge is -2.26. The summed E-state index contributed by atoms with van der Waals surface area (Å²) in [4.78, 5) is 14.8. The molecule has 0 aromatic heterocycles. The monoisotopic (exact) mass is 314 g/mol. The molecule has 4 rings (SSSR count). The van der Waals surface area contributed by atoms with Crippen LogP contribution in [-0.4, -0.2) is 43.2 Å². The Kier molecular flexibility index (Phi) is 4.36. The van der Waals surface area contributed by atoms with Gasteiger partial charge in [-0.15, -0.1) is 0 Å². The molecular formula is C19H26N2O2. The fraction of sp³-hybridized carbons (Fsp3) is 0.632. The van der Waals surface area contributed by atoms with Crippen LogP contribution in [0, 0.1) is 11.8 Å². The summed E-state index contributed by atoms with van der Waals surface area (Å²) < 4.78 is 5.38. The molecule has 3 fully saturated rings. The summed E-state index contributed by atoms with van der Waals surface area (Å²) in [5.74, 6) is 1.69. The zero-order chi connectivity index (χ0) is 15.6. The van der Waals surface area contributed by atoms with E-state index in [1.807, 2.05) is 12.1 Å². The highest BCUT2D eigenvalue weighted by molar-refractivity contribution is 5.94. The Morgan fingerprint density at radius 3 is 2.57 bits per heavy atom. The van der Waals surface area contributed by atoms with Crippen molar-refractivity contribution in [3.05, 3.63) is 35.4 Å². The first-order chi connectivity index (χ1) is 11.3. The first-order valence-corrected chi connectivity index (χ1v) is 8.98. The van der Waals surface area contributed by atoms with Crippen LogP contribution in [-0.2, 0) is 11.3 Å². The summed E-state index contributed by atoms with van der Waals surface area (Å²) in [6.45, 7) is 4.57. The molecule has 23 heavy (non-hydrogen) atoms. The van der Waals surface area contributed by atoms with Gasteiger partial charge in [-0.2, -0.15) is 0 Å². The van der Waals surface area contributed by atoms with E-state index >= 15 is 0 Å². The van der Waals surface area contributed by atoms with Crippen LogP contribution in [0.5, 0.6) is 0 Å². The number of carbonyl (C=O) groups excluding carboxylic acids is 1. The van der Waals surface area contributed by atoms with Crippen LogP contribution in [0.1, 0.15) is 41.6 Å². The lowest BCUT2D eigenvalue weighted by molar-refractivity contribution is 0.0342. The molecule has 0 unspecified atom stereocenters. The maximum absolute atomic E-state index is 12.4. The molecule has 1 aromatic carbocycles. The average Bonchev–Trinajstić information content (AvgIpc) is 3.19. The Morgan fingerprint density at radius 2 is 1.91 bits per heavy atom. The largest absolute Gasteiger partial charge is 0.379 e. The Bertz CT molecular complexity index is 551. The molecule has 0 radical (unpaired) electrons. The number of carbonyl (C=O) groups is 1. The topological polar surface area (TPSA) is 41.6 Å². The zero-order valence-corrected chi connectivity index (χ0v) is 13.7. The second kappa shape index (κ2) is 6.62. The van der Waals surface area contributed by atoms with Gasteiger partial charge in [-0.1, -0.05) is 18.6 Å². The van der Waals surface area contributed by atoms with E-state index in [4.69, 9.17) is 4.74 Å². The number of morpholine rings is 1. The molecule has 2 aliphatic carbocycles. The highest BCUT2D eigenvalue weighted by Crippen LogP contribution is 2.44. The Labute approximate surface area is 138 Å². The normalized spacial score (nSPS) is 30.5. The van der Waals surface area contributed by atoms with Crippen LogP contribution in [0.25, 0.3) is 0 Å². The number of nitrogens with zero attached hydrogens (tertiary/aromatic N) is 1. The van der Waals surface area contributed by atoms with Crippen LogP contribution < -0.4 is 5.32 Å². The van der Waals surface area contributed by atoms with Gasteiger partial charge in [0.2, 0.25) is 0 Å². The van der Waals surface area contributed by atoms with Crippen molar-refractivity contribution in [2.45, 2.75) is 38.3 Å². The summed E-state index contributed by atoms with van der Waals surface area (Å²) in [5, 5.41) is 3.26. The third-order valence-corrected chi connectivity index (χ3v) is 5.78. The zero-order valence-electron chi connectivity index (χ0n) is 13.7. The van der Waals surface area contributed by atoms with E-state index in [1.54, 1.807) is 0 Å². The number of rotatable bonds is 4. The lowest BCUT2D eigenvalue weighted by atomic mass is 9.95. The second-order valence-electron chi connectivity index (χ2n) is 7.34. The van der Waals surface area contributed by atoms with Gasteiger partial charge in [0.1, 0.15) is 0 Å². The predicted octanol–water partition coefficient (Wildman–Crippen LogP) is 2.44. The fourth-order valence-electron chi connectivity index (χ4n) is 4.45. The van der Waals surface area contributed by atoms with Crippen molar-refractivity contribution in [3.8, 4) is 0 Å². The molecule has 1 heterocycles. The maximum Gasteiger partial charge on any atom is 0.251 e. The number of amides is 1. The van der Waals surface area contributed by atoms with Gasteiger partial charge >= 0.3 is 0 Å². The number of ether oxygens (including phenoxy) is 1. The first-order valence-electron chi connectivity index (χ1n) is 8.98. The van der Waals surface area contributed by atoms with Crippen molar-refractivity contribution in [2.75, 3.05) is 26.3 Å². The minimum absolute atomic E-state index is 0.0977. The van der Waals surface area contributed by atoms with Gasteiger partial charge in [0.05, 0.1) is 13.2 Å². The summed E-state index contributed by atoms with van der Waals surface area (Å²) in [5.41, 5.74) is 2.06. The number of hydrogen-bond acceptors (Lipinski definition) is 3. The minimum Gasteiger partial charge on any atom is -0.379 e. The van der Waals surface area contributed by atoms with Crippen LogP contribution >= 0.6 is 0 Å². The van der Waals surface area contributed by atoms with Crippen molar-refractivity contribution < 1.29 is 9.53 Å². The Balaban J connectivity index is 1.33. The van der Waals surface area contributed by atoms with E-state index in [-0.39, 0.29) is 5.91 Å². The molecule has 3 atom stereocenters. The number of nitrogens with one attached hydrogen (secondary N) is 1. The molecule has 1 amide bonds. The molecule has 4 heteroatoms. The third-order valence-electron chi connectivity index (χ3n) is 5.78. The summed E-state index contributed by atoms with van der Waals surface area (Å²) in [6.07, 6.45) is 5.18. The van der Waals surface area contributed by atoms with Gasteiger partial charge in [-0.05, 0) is 48.8 Å². The highest BCUT2D eigenvalue weighted by atomic mass is 16.5. The van der Waals surface area contributed by atoms with Gasteiger partial charge in [-0.3, -0.25) is 9.69 Å². The van der Waals surface area contributed by atoms with Gasteiger partial charge in [0, 0.05) is 31.2 Å². The molecule has 3 aliphatic rings. The van der Waals surface area contributed by atoms with E-state index in [2.05, 4.69) is 22.3 Å². The summed E-state index contributed by atoms with van der Waals surface area (Å²) >= 11 is 0. The van der Waals surface area contributed by atoms with E-state index in [0.29, 0.717) is 6.04 Å². The van der Waals surface area contributed by atoms with Crippen molar-refractivity contribution in [3.63, 3.8) is 0 Å². The predicted molar refractivity (Wildman–Crippen MR) is 89.2 cm³/mol. The Morgan fingerprint density at radius 1 is 1.13 bits per heavy atom. The second-order valence-corrected chi connectivity index (χ2v) is 7.34. The van der Waals surface area contributed by atoms with Crippen LogP contribution in [0.4, 0.5) is 0 Å². The molecule has 1 saturated heterocycles. The molecule has 0 spiro atoms. The van der Waals surface area contributed by atoms with Gasteiger partial charge < -0.3 is 10.1 Å². The molecule has 4 nitrogen and oxygen atoms in total. The number of hydrogen-bond donors (Lipinski definition) is 1. The average molecular weight is 314 g/mol. The van der Waals surface area contributed by atoms with Crippen molar-refractivity contribution in [1.82, 2.24) is 10.2 Å². The minimum atomic E-state index is 0.0977. The third kappa shape index (κ3) is 3.43. The van der Waals surface area contributed by atoms with Gasteiger partial charge in [-0.25, -0.2) is 0 Å². The smallest absolute Gasteiger partial charge is 0.251 e. The molecular weight excluding hydrogens is 288 g/mol. The Hall–Kier alpha value is -1.39. The van der Waals surface area contributed by atoms with Crippen molar-refractivity contribution >= 4 is 5.91 Å². The van der Waals surface area contributed by atoms with Crippen molar-refractivity contribution in [2.24, 2.45) is 11.8 Å².